The van der Waals surface area contributed by atoms with Crippen LogP contribution in [0, 0.1) is 27.1 Å². The second kappa shape index (κ2) is 32.7. The normalized spacial score (nSPS) is 28.0. The summed E-state index contributed by atoms with van der Waals surface area (Å²) in [6.07, 6.45) is -2.62. The molecule has 26 nitrogen and oxygen atoms in total. The van der Waals surface area contributed by atoms with Crippen molar-refractivity contribution in [1.82, 2.24) is 31.9 Å². The summed E-state index contributed by atoms with van der Waals surface area (Å²) in [4.78, 5) is 120. The van der Waals surface area contributed by atoms with Gasteiger partial charge in [-0.25, -0.2) is 0 Å². The number of rotatable bonds is 26. The molecule has 0 bridgehead atoms. The molecule has 8 heterocycles. The van der Waals surface area contributed by atoms with E-state index in [9.17, 15) is 9.59 Å². The lowest BCUT2D eigenvalue weighted by Gasteiger charge is -2.48. The first-order valence-electron chi connectivity index (χ1n) is 41.1. The van der Waals surface area contributed by atoms with Gasteiger partial charge in [0.25, 0.3) is 10.8 Å². The minimum atomic E-state index is -2.60. The Morgan fingerprint density at radius 2 is 0.450 bits per heavy atom. The molecule has 0 aromatic heterocycles. The van der Waals surface area contributed by atoms with E-state index in [4.69, 9.17) is 56.8 Å². The van der Waals surface area contributed by atoms with Crippen LogP contribution in [0.3, 0.4) is 0 Å². The first-order chi connectivity index (χ1) is 50.3. The molecular formula is C85H146N6O20. The number of carbonyl (C=O) groups excluding carboxylic acids is 8. The van der Waals surface area contributed by atoms with E-state index < -0.39 is 203 Å². The van der Waals surface area contributed by atoms with Crippen LogP contribution in [0.15, 0.2) is 0 Å². The number of nitrogens with one attached hydrogen (secondary N) is 6. The Morgan fingerprint density at radius 3 is 0.613 bits per heavy atom. The molecule has 8 saturated heterocycles. The zero-order chi connectivity index (χ0) is 83.4. The summed E-state index contributed by atoms with van der Waals surface area (Å²) in [5.74, 6) is -7.69. The fraction of sp³-hybridized carbons (Fsp3) is 0.906. The maximum Gasteiger partial charge on any atom is 0.335 e. The first kappa shape index (κ1) is 91.9. The Morgan fingerprint density at radius 1 is 0.288 bits per heavy atom. The van der Waals surface area contributed by atoms with Gasteiger partial charge in [-0.05, 0) is 192 Å². The van der Waals surface area contributed by atoms with Crippen LogP contribution >= 0.6 is 0 Å². The molecule has 636 valence electrons. The number of ether oxygens (including phenoxy) is 12. The Kier molecular flexibility index (Phi) is 27.1. The molecule has 0 radical (unpaired) electrons. The molecule has 0 aromatic rings. The lowest BCUT2D eigenvalue weighted by atomic mass is 9.78. The number of hydrogen-bond donors (Lipinski definition) is 6. The van der Waals surface area contributed by atoms with Crippen LogP contribution in [0.1, 0.15) is 309 Å². The molecule has 26 heteroatoms. The van der Waals surface area contributed by atoms with E-state index in [0.717, 1.165) is 0 Å². The number of piperidine rings is 6. The van der Waals surface area contributed by atoms with E-state index in [-0.39, 0.29) is 65.3 Å². The molecule has 0 amide bonds. The van der Waals surface area contributed by atoms with E-state index in [1.165, 1.54) is 0 Å². The molecule has 6 N–H and O–H groups in total. The van der Waals surface area contributed by atoms with Crippen LogP contribution in [-0.4, -0.2) is 203 Å². The van der Waals surface area contributed by atoms with Gasteiger partial charge in [0.2, 0.25) is 0 Å². The highest BCUT2D eigenvalue weighted by molar-refractivity contribution is 6.19. The Balaban J connectivity index is 0.892. The third-order valence-corrected chi connectivity index (χ3v) is 23.2. The summed E-state index contributed by atoms with van der Waals surface area (Å²) >= 11 is 0. The minimum absolute atomic E-state index is 0.139. The van der Waals surface area contributed by atoms with Crippen LogP contribution in [0.25, 0.3) is 0 Å². The summed E-state index contributed by atoms with van der Waals surface area (Å²) < 4.78 is 75.9. The molecule has 0 aromatic carbocycles. The summed E-state index contributed by atoms with van der Waals surface area (Å²) in [6, 6.07) is 0. The van der Waals surface area contributed by atoms with Gasteiger partial charge in [0.05, 0.1) is 31.8 Å². The quantitative estimate of drug-likeness (QED) is 0.0266. The van der Waals surface area contributed by atoms with Gasteiger partial charge in [-0.3, -0.25) is 38.4 Å². The zero-order valence-electron chi connectivity index (χ0n) is 73.3. The van der Waals surface area contributed by atoms with Crippen molar-refractivity contribution in [3.8, 4) is 0 Å². The lowest BCUT2D eigenvalue weighted by molar-refractivity contribution is -0.337. The smallest absolute Gasteiger partial charge is 0.335 e. The van der Waals surface area contributed by atoms with Crippen molar-refractivity contribution < 1.29 is 95.2 Å². The maximum absolute atomic E-state index is 15.4. The zero-order valence-corrected chi connectivity index (χ0v) is 73.3. The lowest BCUT2D eigenvalue weighted by Crippen LogP contribution is -2.62. The first-order valence-corrected chi connectivity index (χ1v) is 41.1. The van der Waals surface area contributed by atoms with Gasteiger partial charge < -0.3 is 88.7 Å². The summed E-state index contributed by atoms with van der Waals surface area (Å²) in [5.41, 5.74) is -13.2. The van der Waals surface area contributed by atoms with Crippen molar-refractivity contribution >= 4 is 47.8 Å². The predicted octanol–water partition coefficient (Wildman–Crippen LogP) is 11.3. The fourth-order valence-electron chi connectivity index (χ4n) is 20.6. The van der Waals surface area contributed by atoms with Crippen molar-refractivity contribution in [2.75, 3.05) is 39.6 Å². The second-order valence-electron chi connectivity index (χ2n) is 44.2. The molecule has 0 unspecified atom stereocenters. The molecule has 0 saturated carbocycles. The van der Waals surface area contributed by atoms with Gasteiger partial charge in [-0.15, -0.1) is 0 Å². The van der Waals surface area contributed by atoms with Crippen molar-refractivity contribution in [3.63, 3.8) is 0 Å². The van der Waals surface area contributed by atoms with Crippen LogP contribution in [-0.2, 0) is 95.2 Å². The van der Waals surface area contributed by atoms with Crippen LogP contribution < -0.4 is 31.9 Å². The molecule has 0 aliphatic carbocycles. The number of hydrogen-bond acceptors (Lipinski definition) is 26. The van der Waals surface area contributed by atoms with Crippen molar-refractivity contribution in [1.29, 1.82) is 0 Å². The average Bonchev–Trinajstić information content (AvgIpc) is 0.765. The molecule has 0 atom stereocenters. The van der Waals surface area contributed by atoms with Gasteiger partial charge in [0.15, 0.2) is 12.6 Å². The van der Waals surface area contributed by atoms with E-state index in [2.05, 4.69) is 31.9 Å². The SMILES string of the molecule is CC1(C)CC(OC(=O)C(CCCC(=O)OCC(C)(C)C2OCC3(CO2)COC(C(C)(C)COC(=O)CCCC(C(=O)OC2CC(C)(C)NC(C)(C)C2)(C(=O)OC2CC(C)(C)NC(C)(C)C2)C(=O)OC2CC(C)(C)NC(C)(C)C2)OC3)(C(=O)OC2CC(C)(C)NC(C)(C)C2)C(=O)OC2CC(C)(C)NC(C)(C)C2)CC(C)(C)N1. The van der Waals surface area contributed by atoms with E-state index >= 15 is 28.8 Å². The Labute approximate surface area is 663 Å². The molecule has 8 aliphatic heterocycles. The van der Waals surface area contributed by atoms with E-state index in [1.54, 1.807) is 0 Å². The van der Waals surface area contributed by atoms with E-state index in [1.807, 2.05) is 194 Å². The minimum Gasteiger partial charge on any atom is -0.465 e. The molecule has 8 fully saturated rings. The molecule has 8 rings (SSSR count). The van der Waals surface area contributed by atoms with Crippen LogP contribution in [0.2, 0.25) is 0 Å². The average molecular weight is 1570 g/mol. The maximum atomic E-state index is 15.4. The number of carbonyl (C=O) groups is 8. The highest BCUT2D eigenvalue weighted by atomic mass is 16.7. The standard InChI is InChI=1S/C85H146N6O20/c1-69(2,47-100-59(92)31-29-33-84(61(94)106-53-35-71(5,6)86-72(7,8)36-53,62(95)107-54-37-73(9,10)87-74(11,12)38-54)63(96)108-55-39-75(13,14)88-76(15,16)40-55)67-102-49-83(50-103-67)51-104-68(105-52-83)70(3,4)48-101-60(93)32-30-34-85(64(97)109-56-41-77(17,18)89-78(19,20)42-56,65(98)110-57-43-79(21,22)90-80(23,24)44-57)66(99)111-58-45-81(25,26)91-82(27,28)46-58/h53-58,67-68,86-91H,29-52H2,1-28H3. The third-order valence-electron chi connectivity index (χ3n) is 23.2. The molecular weight excluding hydrogens is 1420 g/mol. The molecule has 1 spiro atoms. The van der Waals surface area contributed by atoms with Crippen molar-refractivity contribution in [2.45, 2.75) is 425 Å². The Bertz CT molecular complexity index is 2780. The third kappa shape index (κ3) is 24.7. The van der Waals surface area contributed by atoms with E-state index in [0.29, 0.717) is 77.0 Å². The summed E-state index contributed by atoms with van der Waals surface area (Å²) in [7, 11) is 0. The van der Waals surface area contributed by atoms with Gasteiger partial charge in [-0.1, -0.05) is 27.7 Å². The van der Waals surface area contributed by atoms with Gasteiger partial charge >= 0.3 is 47.8 Å². The molecule has 8 aliphatic rings. The summed E-state index contributed by atoms with van der Waals surface area (Å²) in [5, 5.41) is 21.7. The number of esters is 8. The van der Waals surface area contributed by atoms with Gasteiger partial charge in [-0.2, -0.15) is 0 Å². The van der Waals surface area contributed by atoms with Gasteiger partial charge in [0, 0.05) is 167 Å². The second-order valence-corrected chi connectivity index (χ2v) is 44.2. The monoisotopic (exact) mass is 1570 g/mol. The van der Waals surface area contributed by atoms with Crippen LogP contribution in [0.5, 0.6) is 0 Å². The van der Waals surface area contributed by atoms with Crippen LogP contribution in [0.4, 0.5) is 0 Å². The van der Waals surface area contributed by atoms with Crippen molar-refractivity contribution in [3.05, 3.63) is 0 Å². The molecule has 111 heavy (non-hydrogen) atoms. The topological polar surface area (TPSA) is 319 Å². The fourth-order valence-corrected chi connectivity index (χ4v) is 20.6. The Hall–Kier alpha value is -4.64. The highest BCUT2D eigenvalue weighted by Gasteiger charge is 2.63. The largest absolute Gasteiger partial charge is 0.465 e. The predicted molar refractivity (Wildman–Crippen MR) is 418 cm³/mol. The highest BCUT2D eigenvalue weighted by Crippen LogP contribution is 2.45. The summed E-state index contributed by atoms with van der Waals surface area (Å²) in [6.45, 7) is 56.1. The van der Waals surface area contributed by atoms with Gasteiger partial charge in [0.1, 0.15) is 49.8 Å². The van der Waals surface area contributed by atoms with Crippen molar-refractivity contribution in [2.24, 2.45) is 27.1 Å².